The van der Waals surface area contributed by atoms with Gasteiger partial charge in [0.1, 0.15) is 5.75 Å². The molecule has 0 spiro atoms. The Hall–Kier alpha value is -3.06. The van der Waals surface area contributed by atoms with Crippen LogP contribution in [0.5, 0.6) is 11.8 Å². The zero-order valence-corrected chi connectivity index (χ0v) is 14.7. The zero-order chi connectivity index (χ0) is 18.4. The maximum absolute atomic E-state index is 11.9. The summed E-state index contributed by atoms with van der Waals surface area (Å²) in [5.74, 6) is 0.747. The molecule has 0 aliphatic carbocycles. The molecule has 7 nitrogen and oxygen atoms in total. The Balaban J connectivity index is 1.49. The first-order valence-electron chi connectivity index (χ1n) is 7.77. The number of rotatable bonds is 7. The van der Waals surface area contributed by atoms with E-state index in [2.05, 4.69) is 15.5 Å². The number of carbonyl (C=O) groups excluding carboxylic acids is 1. The molecule has 3 aromatic rings. The summed E-state index contributed by atoms with van der Waals surface area (Å²) in [4.78, 5) is 15.9. The standard InChI is InChI=1S/C18H16ClN3O4/c1-24-13-8-6-12(7-9-13)10-20-16(23)11-25-18-21-17(22-26-18)14-4-2-3-5-15(14)19/h2-9H,10-11H2,1H3,(H,20,23). The summed E-state index contributed by atoms with van der Waals surface area (Å²) in [7, 11) is 1.60. The van der Waals surface area contributed by atoms with Gasteiger partial charge in [-0.1, -0.05) is 41.0 Å². The van der Waals surface area contributed by atoms with Gasteiger partial charge in [-0.15, -0.1) is 0 Å². The highest BCUT2D eigenvalue weighted by Gasteiger charge is 2.13. The van der Waals surface area contributed by atoms with E-state index < -0.39 is 0 Å². The molecule has 0 saturated heterocycles. The number of aromatic nitrogens is 2. The van der Waals surface area contributed by atoms with E-state index in [1.807, 2.05) is 30.3 Å². The van der Waals surface area contributed by atoms with E-state index in [4.69, 9.17) is 25.6 Å². The molecule has 0 saturated carbocycles. The first-order valence-corrected chi connectivity index (χ1v) is 8.14. The van der Waals surface area contributed by atoms with Crippen LogP contribution >= 0.6 is 11.6 Å². The number of halogens is 1. The van der Waals surface area contributed by atoms with Crippen LogP contribution in [0.2, 0.25) is 5.02 Å². The molecule has 0 atom stereocenters. The molecule has 1 aromatic heterocycles. The van der Waals surface area contributed by atoms with E-state index in [0.29, 0.717) is 23.0 Å². The van der Waals surface area contributed by atoms with Gasteiger partial charge < -0.3 is 14.8 Å². The fourth-order valence-corrected chi connectivity index (χ4v) is 2.36. The summed E-state index contributed by atoms with van der Waals surface area (Å²) in [5, 5.41) is 7.03. The lowest BCUT2D eigenvalue weighted by atomic mass is 10.2. The van der Waals surface area contributed by atoms with Crippen molar-refractivity contribution in [1.82, 2.24) is 15.5 Å². The highest BCUT2D eigenvalue weighted by molar-refractivity contribution is 6.33. The number of hydrogen-bond acceptors (Lipinski definition) is 6. The number of methoxy groups -OCH3 is 1. The van der Waals surface area contributed by atoms with Crippen LogP contribution in [-0.4, -0.2) is 29.8 Å². The predicted molar refractivity (Wildman–Crippen MR) is 95.1 cm³/mol. The third-order valence-electron chi connectivity index (χ3n) is 3.50. The Kier molecular flexibility index (Phi) is 5.70. The van der Waals surface area contributed by atoms with Crippen LogP contribution in [-0.2, 0) is 11.3 Å². The SMILES string of the molecule is COc1ccc(CNC(=O)COc2nc(-c3ccccc3Cl)no2)cc1. The topological polar surface area (TPSA) is 86.5 Å². The molecular formula is C18H16ClN3O4. The second-order valence-corrected chi connectivity index (χ2v) is 5.68. The maximum atomic E-state index is 11.9. The van der Waals surface area contributed by atoms with Gasteiger partial charge in [-0.2, -0.15) is 4.98 Å². The van der Waals surface area contributed by atoms with Crippen molar-refractivity contribution in [3.63, 3.8) is 0 Å². The summed E-state index contributed by atoms with van der Waals surface area (Å²) in [5.41, 5.74) is 1.56. The highest BCUT2D eigenvalue weighted by atomic mass is 35.5. The van der Waals surface area contributed by atoms with Crippen LogP contribution in [0.25, 0.3) is 11.4 Å². The van der Waals surface area contributed by atoms with Crippen molar-refractivity contribution in [2.45, 2.75) is 6.54 Å². The van der Waals surface area contributed by atoms with Crippen molar-refractivity contribution >= 4 is 17.5 Å². The lowest BCUT2D eigenvalue weighted by Crippen LogP contribution is -2.28. The molecule has 0 unspecified atom stereocenters. The van der Waals surface area contributed by atoms with E-state index in [1.165, 1.54) is 0 Å². The van der Waals surface area contributed by atoms with Gasteiger partial charge in [0, 0.05) is 12.1 Å². The molecule has 1 heterocycles. The Morgan fingerprint density at radius 3 is 2.69 bits per heavy atom. The molecule has 8 heteroatoms. The molecule has 0 fully saturated rings. The summed E-state index contributed by atoms with van der Waals surface area (Å²) in [6.07, 6.45) is -0.0977. The molecule has 0 aliphatic heterocycles. The fraction of sp³-hybridized carbons (Fsp3) is 0.167. The molecule has 0 bridgehead atoms. The van der Waals surface area contributed by atoms with Gasteiger partial charge in [0.25, 0.3) is 5.91 Å². The smallest absolute Gasteiger partial charge is 0.418 e. The van der Waals surface area contributed by atoms with E-state index in [1.54, 1.807) is 25.3 Å². The van der Waals surface area contributed by atoms with Crippen LogP contribution < -0.4 is 14.8 Å². The number of nitrogens with zero attached hydrogens (tertiary/aromatic N) is 2. The Morgan fingerprint density at radius 1 is 1.19 bits per heavy atom. The average molecular weight is 374 g/mol. The van der Waals surface area contributed by atoms with Crippen molar-refractivity contribution in [3.8, 4) is 23.2 Å². The van der Waals surface area contributed by atoms with Crippen molar-refractivity contribution in [1.29, 1.82) is 0 Å². The average Bonchev–Trinajstić information content (AvgIpc) is 3.14. The Morgan fingerprint density at radius 2 is 1.96 bits per heavy atom. The second kappa shape index (κ2) is 8.35. The third kappa shape index (κ3) is 4.52. The van der Waals surface area contributed by atoms with Gasteiger partial charge in [0.05, 0.1) is 12.1 Å². The minimum Gasteiger partial charge on any atom is -0.497 e. The summed E-state index contributed by atoms with van der Waals surface area (Å²) in [6.45, 7) is 0.140. The van der Waals surface area contributed by atoms with Crippen molar-refractivity contribution in [3.05, 3.63) is 59.1 Å². The Labute approximate surface area is 154 Å². The number of amides is 1. The summed E-state index contributed by atoms with van der Waals surface area (Å²) >= 11 is 6.08. The molecule has 2 aromatic carbocycles. The van der Waals surface area contributed by atoms with Crippen LogP contribution in [0.1, 0.15) is 5.56 Å². The van der Waals surface area contributed by atoms with Gasteiger partial charge in [-0.3, -0.25) is 9.32 Å². The number of ether oxygens (including phenoxy) is 2. The van der Waals surface area contributed by atoms with Crippen molar-refractivity contribution in [2.75, 3.05) is 13.7 Å². The zero-order valence-electron chi connectivity index (χ0n) is 13.9. The molecule has 3 rings (SSSR count). The first-order chi connectivity index (χ1) is 12.7. The highest BCUT2D eigenvalue weighted by Crippen LogP contribution is 2.26. The molecule has 1 amide bonds. The molecule has 134 valence electrons. The predicted octanol–water partition coefficient (Wildman–Crippen LogP) is 3.09. The molecule has 1 N–H and O–H groups in total. The quantitative estimate of drug-likeness (QED) is 0.684. The van der Waals surface area contributed by atoms with E-state index in [0.717, 1.165) is 11.3 Å². The largest absolute Gasteiger partial charge is 0.497 e. The minimum atomic E-state index is -0.307. The lowest BCUT2D eigenvalue weighted by Gasteiger charge is -2.06. The summed E-state index contributed by atoms with van der Waals surface area (Å²) in [6, 6.07) is 14.5. The van der Waals surface area contributed by atoms with Gasteiger partial charge in [-0.25, -0.2) is 0 Å². The van der Waals surface area contributed by atoms with Gasteiger partial charge in [0.2, 0.25) is 5.82 Å². The summed E-state index contributed by atoms with van der Waals surface area (Å²) < 4.78 is 15.3. The van der Waals surface area contributed by atoms with Crippen LogP contribution in [0.3, 0.4) is 0 Å². The molecule has 0 aliphatic rings. The van der Waals surface area contributed by atoms with E-state index >= 15 is 0 Å². The molecule has 26 heavy (non-hydrogen) atoms. The molecule has 0 radical (unpaired) electrons. The van der Waals surface area contributed by atoms with Gasteiger partial charge in [0.15, 0.2) is 6.61 Å². The number of nitrogens with one attached hydrogen (secondary N) is 1. The van der Waals surface area contributed by atoms with Crippen LogP contribution in [0, 0.1) is 0 Å². The minimum absolute atomic E-state index is 0.0977. The fourth-order valence-electron chi connectivity index (χ4n) is 2.14. The maximum Gasteiger partial charge on any atom is 0.418 e. The van der Waals surface area contributed by atoms with E-state index in [9.17, 15) is 4.79 Å². The number of hydrogen-bond donors (Lipinski definition) is 1. The van der Waals surface area contributed by atoms with Crippen molar-refractivity contribution in [2.24, 2.45) is 0 Å². The van der Waals surface area contributed by atoms with Gasteiger partial charge >= 0.3 is 6.08 Å². The number of carbonyl (C=O) groups is 1. The molecular weight excluding hydrogens is 358 g/mol. The monoisotopic (exact) mass is 373 g/mol. The second-order valence-electron chi connectivity index (χ2n) is 5.28. The van der Waals surface area contributed by atoms with Crippen LogP contribution in [0.4, 0.5) is 0 Å². The lowest BCUT2D eigenvalue weighted by molar-refractivity contribution is -0.123. The van der Waals surface area contributed by atoms with Gasteiger partial charge in [-0.05, 0) is 29.8 Å². The van der Waals surface area contributed by atoms with Crippen molar-refractivity contribution < 1.29 is 18.8 Å². The van der Waals surface area contributed by atoms with Crippen LogP contribution in [0.15, 0.2) is 53.1 Å². The first kappa shape index (κ1) is 17.8. The Bertz CT molecular complexity index is 880. The normalized spacial score (nSPS) is 10.4. The number of benzene rings is 2. The third-order valence-corrected chi connectivity index (χ3v) is 3.83. The van der Waals surface area contributed by atoms with E-state index in [-0.39, 0.29) is 18.6 Å².